The summed E-state index contributed by atoms with van der Waals surface area (Å²) in [5.41, 5.74) is 3.12. The van der Waals surface area contributed by atoms with Crippen molar-refractivity contribution in [3.05, 3.63) is 68.9 Å². The Bertz CT molecular complexity index is 1090. The van der Waals surface area contributed by atoms with Crippen molar-refractivity contribution in [1.82, 2.24) is 19.9 Å². The van der Waals surface area contributed by atoms with Crippen molar-refractivity contribution >= 4 is 11.6 Å². The molecule has 0 radical (unpaired) electrons. The highest BCUT2D eigenvalue weighted by Crippen LogP contribution is 2.35. The van der Waals surface area contributed by atoms with Gasteiger partial charge in [-0.1, -0.05) is 11.6 Å². The first-order valence-corrected chi connectivity index (χ1v) is 9.62. The molecule has 1 aliphatic heterocycles. The first-order chi connectivity index (χ1) is 14.1. The van der Waals surface area contributed by atoms with Gasteiger partial charge in [0.2, 0.25) is 0 Å². The van der Waals surface area contributed by atoms with E-state index in [1.807, 2.05) is 18.2 Å². The molecule has 0 saturated heterocycles. The summed E-state index contributed by atoms with van der Waals surface area (Å²) >= 11 is 6.23. The molecule has 0 amide bonds. The van der Waals surface area contributed by atoms with E-state index in [-0.39, 0.29) is 5.56 Å². The lowest BCUT2D eigenvalue weighted by atomic mass is 10.0. The van der Waals surface area contributed by atoms with Crippen molar-refractivity contribution in [2.75, 3.05) is 20.8 Å². The van der Waals surface area contributed by atoms with E-state index in [0.717, 1.165) is 23.4 Å². The molecule has 1 aliphatic rings. The molecule has 0 saturated carbocycles. The fraction of sp³-hybridized carbons (Fsp3) is 0.286. The average molecular weight is 413 g/mol. The summed E-state index contributed by atoms with van der Waals surface area (Å²) in [6.07, 6.45) is 4.07. The van der Waals surface area contributed by atoms with E-state index in [1.165, 1.54) is 0 Å². The minimum atomic E-state index is -0.116. The number of aromatic amines is 1. The zero-order chi connectivity index (χ0) is 20.4. The van der Waals surface area contributed by atoms with Crippen LogP contribution in [0, 0.1) is 0 Å². The van der Waals surface area contributed by atoms with Gasteiger partial charge < -0.3 is 14.5 Å². The highest BCUT2D eigenvalue weighted by Gasteiger charge is 2.23. The van der Waals surface area contributed by atoms with Gasteiger partial charge in [0.1, 0.15) is 5.82 Å². The molecule has 2 aromatic heterocycles. The van der Waals surface area contributed by atoms with Gasteiger partial charge in [-0.05, 0) is 18.2 Å². The van der Waals surface area contributed by atoms with E-state index in [2.05, 4.69) is 19.9 Å². The first kappa shape index (κ1) is 19.4. The molecule has 0 aliphatic carbocycles. The Hall–Kier alpha value is -2.90. The van der Waals surface area contributed by atoms with Crippen molar-refractivity contribution in [1.29, 1.82) is 0 Å². The van der Waals surface area contributed by atoms with Gasteiger partial charge >= 0.3 is 0 Å². The minimum Gasteiger partial charge on any atom is -0.493 e. The maximum Gasteiger partial charge on any atom is 0.255 e. The number of benzene rings is 1. The molecule has 0 atom stereocenters. The summed E-state index contributed by atoms with van der Waals surface area (Å²) in [5, 5.41) is 0.579. The molecule has 8 heteroatoms. The van der Waals surface area contributed by atoms with Crippen molar-refractivity contribution in [2.45, 2.75) is 19.5 Å². The van der Waals surface area contributed by atoms with Crippen LogP contribution in [0.4, 0.5) is 0 Å². The zero-order valence-electron chi connectivity index (χ0n) is 16.2. The number of aromatic nitrogens is 3. The molecule has 0 fully saturated rings. The number of nitrogens with zero attached hydrogens (tertiary/aromatic N) is 3. The molecule has 3 aromatic rings. The Balaban J connectivity index is 1.60. The standard InChI is InChI=1S/C21H21ClN4O3/c1-28-18-9-15(22)8-14(19(18)29-2)11-26-7-5-17-16(12-26)21(27)25-20(24-17)13-4-3-6-23-10-13/h3-4,6,8-10H,5,7,11-12H2,1-2H3,(H,24,25,27). The highest BCUT2D eigenvalue weighted by molar-refractivity contribution is 6.30. The Morgan fingerprint density at radius 3 is 2.86 bits per heavy atom. The summed E-state index contributed by atoms with van der Waals surface area (Å²) in [7, 11) is 3.19. The first-order valence-electron chi connectivity index (χ1n) is 9.24. The Kier molecular flexibility index (Phi) is 5.51. The second-order valence-corrected chi connectivity index (χ2v) is 7.28. The van der Waals surface area contributed by atoms with Crippen LogP contribution in [-0.2, 0) is 19.5 Å². The van der Waals surface area contributed by atoms with E-state index in [4.69, 9.17) is 21.1 Å². The largest absolute Gasteiger partial charge is 0.493 e. The van der Waals surface area contributed by atoms with Gasteiger partial charge in [-0.3, -0.25) is 14.7 Å². The minimum absolute atomic E-state index is 0.116. The number of rotatable bonds is 5. The van der Waals surface area contributed by atoms with Gasteiger partial charge in [-0.2, -0.15) is 0 Å². The monoisotopic (exact) mass is 412 g/mol. The van der Waals surface area contributed by atoms with E-state index in [9.17, 15) is 4.79 Å². The second-order valence-electron chi connectivity index (χ2n) is 6.84. The molecule has 29 heavy (non-hydrogen) atoms. The van der Waals surface area contributed by atoms with Gasteiger partial charge in [0.15, 0.2) is 11.5 Å². The van der Waals surface area contributed by atoms with Crippen LogP contribution in [0.3, 0.4) is 0 Å². The number of H-pyrrole nitrogens is 1. The molecule has 3 heterocycles. The molecular weight excluding hydrogens is 392 g/mol. The maximum absolute atomic E-state index is 12.7. The highest BCUT2D eigenvalue weighted by atomic mass is 35.5. The van der Waals surface area contributed by atoms with Crippen molar-refractivity contribution in [3.63, 3.8) is 0 Å². The lowest BCUT2D eigenvalue weighted by Gasteiger charge is -2.28. The van der Waals surface area contributed by atoms with E-state index >= 15 is 0 Å². The van der Waals surface area contributed by atoms with Crippen molar-refractivity contribution in [3.8, 4) is 22.9 Å². The lowest BCUT2D eigenvalue weighted by Crippen LogP contribution is -2.35. The predicted molar refractivity (Wildman–Crippen MR) is 110 cm³/mol. The number of pyridine rings is 1. The van der Waals surface area contributed by atoms with Gasteiger partial charge in [0.25, 0.3) is 5.56 Å². The summed E-state index contributed by atoms with van der Waals surface area (Å²) in [6, 6.07) is 7.30. The Morgan fingerprint density at radius 1 is 1.28 bits per heavy atom. The van der Waals surface area contributed by atoms with Gasteiger partial charge in [-0.25, -0.2) is 4.98 Å². The smallest absolute Gasteiger partial charge is 0.255 e. The molecule has 1 N–H and O–H groups in total. The van der Waals surface area contributed by atoms with Crippen LogP contribution in [0.15, 0.2) is 41.5 Å². The number of methoxy groups -OCH3 is 2. The number of halogens is 1. The van der Waals surface area contributed by atoms with Crippen LogP contribution < -0.4 is 15.0 Å². The normalized spacial score (nSPS) is 13.8. The Labute approximate surface area is 173 Å². The Morgan fingerprint density at radius 2 is 2.14 bits per heavy atom. The van der Waals surface area contributed by atoms with Crippen molar-refractivity contribution in [2.24, 2.45) is 0 Å². The molecule has 1 aromatic carbocycles. The van der Waals surface area contributed by atoms with Crippen LogP contribution in [0.5, 0.6) is 11.5 Å². The van der Waals surface area contributed by atoms with Crippen LogP contribution in [0.25, 0.3) is 11.4 Å². The second kappa shape index (κ2) is 8.23. The zero-order valence-corrected chi connectivity index (χ0v) is 17.0. The number of ether oxygens (including phenoxy) is 2. The summed E-state index contributed by atoms with van der Waals surface area (Å²) in [4.78, 5) is 26.6. The molecular formula is C21H21ClN4O3. The number of hydrogen-bond donors (Lipinski definition) is 1. The number of nitrogens with one attached hydrogen (secondary N) is 1. The third-order valence-electron chi connectivity index (χ3n) is 5.00. The van der Waals surface area contributed by atoms with Gasteiger partial charge in [0.05, 0.1) is 25.5 Å². The fourth-order valence-electron chi connectivity index (χ4n) is 3.62. The molecule has 4 rings (SSSR count). The molecule has 0 unspecified atom stereocenters. The maximum atomic E-state index is 12.7. The molecule has 7 nitrogen and oxygen atoms in total. The van der Waals surface area contributed by atoms with Crippen molar-refractivity contribution < 1.29 is 9.47 Å². The average Bonchev–Trinajstić information content (AvgIpc) is 2.74. The molecule has 150 valence electrons. The summed E-state index contributed by atoms with van der Waals surface area (Å²) < 4.78 is 10.9. The van der Waals surface area contributed by atoms with E-state index in [1.54, 1.807) is 32.7 Å². The summed E-state index contributed by atoms with van der Waals surface area (Å²) in [5.74, 6) is 1.80. The summed E-state index contributed by atoms with van der Waals surface area (Å²) in [6.45, 7) is 1.86. The molecule has 0 bridgehead atoms. The van der Waals surface area contributed by atoms with Gasteiger partial charge in [0, 0.05) is 60.7 Å². The van der Waals surface area contributed by atoms with Gasteiger partial charge in [-0.15, -0.1) is 0 Å². The quantitative estimate of drug-likeness (QED) is 0.693. The van der Waals surface area contributed by atoms with E-state index in [0.29, 0.717) is 47.4 Å². The third-order valence-corrected chi connectivity index (χ3v) is 5.22. The fourth-order valence-corrected chi connectivity index (χ4v) is 3.85. The van der Waals surface area contributed by atoms with Crippen LogP contribution in [0.2, 0.25) is 5.02 Å². The molecule has 0 spiro atoms. The van der Waals surface area contributed by atoms with Crippen LogP contribution in [0.1, 0.15) is 16.8 Å². The number of hydrogen-bond acceptors (Lipinski definition) is 6. The van der Waals surface area contributed by atoms with E-state index < -0.39 is 0 Å². The SMILES string of the molecule is COc1cc(Cl)cc(CN2CCc3nc(-c4cccnc4)[nH]c(=O)c3C2)c1OC. The topological polar surface area (TPSA) is 80.3 Å². The predicted octanol–water partition coefficient (Wildman–Crippen LogP) is 3.06. The van der Waals surface area contributed by atoms with Crippen LogP contribution >= 0.6 is 11.6 Å². The third kappa shape index (κ3) is 3.97. The van der Waals surface area contributed by atoms with Crippen LogP contribution in [-0.4, -0.2) is 40.6 Å². The number of fused-ring (bicyclic) bond motifs is 1. The lowest BCUT2D eigenvalue weighted by molar-refractivity contribution is 0.237.